The number of allylic oxidation sites excluding steroid dienone is 1. The second kappa shape index (κ2) is 10.4. The van der Waals surface area contributed by atoms with Crippen LogP contribution in [-0.2, 0) is 6.54 Å². The summed E-state index contributed by atoms with van der Waals surface area (Å²) in [6.07, 6.45) is 8.40. The van der Waals surface area contributed by atoms with Crippen LogP contribution < -0.4 is 15.8 Å². The van der Waals surface area contributed by atoms with Crippen molar-refractivity contribution in [3.05, 3.63) is 78.5 Å². The molecule has 0 saturated heterocycles. The molecule has 0 saturated carbocycles. The lowest BCUT2D eigenvalue weighted by atomic mass is 10.1. The van der Waals surface area contributed by atoms with Gasteiger partial charge >= 0.3 is 0 Å². The third-order valence-corrected chi connectivity index (χ3v) is 5.05. The van der Waals surface area contributed by atoms with E-state index in [9.17, 15) is 0 Å². The quantitative estimate of drug-likeness (QED) is 0.340. The largest absolute Gasteiger partial charge is 0.497 e. The Balaban J connectivity index is 1.45. The molecular weight excluding hydrogens is 418 g/mol. The Morgan fingerprint density at radius 2 is 2.03 bits per heavy atom. The number of ether oxygens (including phenoxy) is 1. The highest BCUT2D eigenvalue weighted by Crippen LogP contribution is 2.23. The molecule has 0 spiro atoms. The molecule has 0 amide bonds. The van der Waals surface area contributed by atoms with Crippen molar-refractivity contribution in [1.82, 2.24) is 19.4 Å². The van der Waals surface area contributed by atoms with Crippen molar-refractivity contribution >= 4 is 23.3 Å². The molecule has 0 aliphatic carbocycles. The van der Waals surface area contributed by atoms with Gasteiger partial charge < -0.3 is 20.9 Å². The number of hydrogen-bond donors (Lipinski definition) is 3. The van der Waals surface area contributed by atoms with Gasteiger partial charge in [-0.2, -0.15) is 0 Å². The number of aliphatic hydroxyl groups is 1. The summed E-state index contributed by atoms with van der Waals surface area (Å²) in [6, 6.07) is 13.7. The van der Waals surface area contributed by atoms with Crippen molar-refractivity contribution in [1.29, 1.82) is 0 Å². The maximum absolute atomic E-state index is 8.86. The van der Waals surface area contributed by atoms with Gasteiger partial charge in [-0.15, -0.1) is 0 Å². The molecule has 3 heterocycles. The van der Waals surface area contributed by atoms with E-state index in [2.05, 4.69) is 25.3 Å². The fraction of sp³-hybridized carbons (Fsp3) is 0.167. The third-order valence-electron chi connectivity index (χ3n) is 5.05. The molecular formula is C24H25N7O2. The zero-order valence-corrected chi connectivity index (χ0v) is 18.2. The SMILES string of the molecule is COc1ccn2c(-c3cc(NCc4ccc(/C(C=NCCO)=C/N)cc4)ncn3)cnc2c1. The normalized spacial score (nSPS) is 11.9. The summed E-state index contributed by atoms with van der Waals surface area (Å²) in [5, 5.41) is 12.2. The molecule has 4 N–H and O–H groups in total. The summed E-state index contributed by atoms with van der Waals surface area (Å²) in [4.78, 5) is 17.3. The van der Waals surface area contributed by atoms with Crippen molar-refractivity contribution in [3.8, 4) is 17.1 Å². The van der Waals surface area contributed by atoms with E-state index in [4.69, 9.17) is 15.6 Å². The van der Waals surface area contributed by atoms with Gasteiger partial charge in [0.2, 0.25) is 0 Å². The highest BCUT2D eigenvalue weighted by atomic mass is 16.5. The number of fused-ring (bicyclic) bond motifs is 1. The first kappa shape index (κ1) is 22.0. The fourth-order valence-electron chi connectivity index (χ4n) is 3.31. The van der Waals surface area contributed by atoms with E-state index in [0.717, 1.165) is 39.5 Å². The molecule has 4 aromatic rings. The predicted molar refractivity (Wildman–Crippen MR) is 129 cm³/mol. The van der Waals surface area contributed by atoms with Crippen LogP contribution >= 0.6 is 0 Å². The minimum Gasteiger partial charge on any atom is -0.497 e. The lowest BCUT2D eigenvalue weighted by Crippen LogP contribution is -2.03. The average Bonchev–Trinajstić information content (AvgIpc) is 3.29. The van der Waals surface area contributed by atoms with Crippen LogP contribution in [0.3, 0.4) is 0 Å². The minimum absolute atomic E-state index is 0.00964. The maximum Gasteiger partial charge on any atom is 0.140 e. The number of pyridine rings is 1. The molecule has 0 fully saturated rings. The molecule has 0 aliphatic heterocycles. The molecule has 3 aromatic heterocycles. The highest BCUT2D eigenvalue weighted by molar-refractivity contribution is 6.09. The second-order valence-electron chi connectivity index (χ2n) is 7.16. The van der Waals surface area contributed by atoms with Crippen LogP contribution in [0.15, 0.2) is 72.4 Å². The Hall–Kier alpha value is -4.24. The summed E-state index contributed by atoms with van der Waals surface area (Å²) >= 11 is 0. The van der Waals surface area contributed by atoms with Crippen LogP contribution in [0.1, 0.15) is 11.1 Å². The predicted octanol–water partition coefficient (Wildman–Crippen LogP) is 2.77. The Bertz CT molecular complexity index is 1280. The minimum atomic E-state index is 0.00964. The number of benzene rings is 1. The number of aliphatic hydroxyl groups excluding tert-OH is 1. The number of nitrogens with two attached hydrogens (primary N) is 1. The zero-order valence-electron chi connectivity index (χ0n) is 18.2. The molecule has 1 aromatic carbocycles. The summed E-state index contributed by atoms with van der Waals surface area (Å²) in [7, 11) is 1.63. The van der Waals surface area contributed by atoms with E-state index in [1.54, 1.807) is 19.5 Å². The first-order valence-electron chi connectivity index (χ1n) is 10.4. The third kappa shape index (κ3) is 5.16. The van der Waals surface area contributed by atoms with Gasteiger partial charge in [0.15, 0.2) is 0 Å². The van der Waals surface area contributed by atoms with Crippen molar-refractivity contribution in [2.45, 2.75) is 6.54 Å². The number of aliphatic imine (C=N–C) groups is 1. The monoisotopic (exact) mass is 443 g/mol. The summed E-state index contributed by atoms with van der Waals surface area (Å²) in [6.45, 7) is 0.959. The van der Waals surface area contributed by atoms with Crippen molar-refractivity contribution in [2.75, 3.05) is 25.6 Å². The van der Waals surface area contributed by atoms with Gasteiger partial charge in [-0.25, -0.2) is 15.0 Å². The summed E-state index contributed by atoms with van der Waals surface area (Å²) in [5.41, 5.74) is 11.0. The van der Waals surface area contributed by atoms with E-state index >= 15 is 0 Å². The second-order valence-corrected chi connectivity index (χ2v) is 7.16. The molecule has 0 radical (unpaired) electrons. The molecule has 9 nitrogen and oxygen atoms in total. The van der Waals surface area contributed by atoms with Crippen LogP contribution in [0.5, 0.6) is 5.75 Å². The number of methoxy groups -OCH3 is 1. The molecule has 0 bridgehead atoms. The first-order chi connectivity index (χ1) is 16.2. The number of imidazole rings is 1. The van der Waals surface area contributed by atoms with Crippen LogP contribution in [0, 0.1) is 0 Å². The summed E-state index contributed by atoms with van der Waals surface area (Å²) in [5.74, 6) is 1.47. The molecule has 0 unspecified atom stereocenters. The molecule has 4 rings (SSSR count). The summed E-state index contributed by atoms with van der Waals surface area (Å²) < 4.78 is 7.22. The van der Waals surface area contributed by atoms with Gasteiger partial charge in [0.05, 0.1) is 37.8 Å². The van der Waals surface area contributed by atoms with E-state index in [1.807, 2.05) is 53.1 Å². The first-order valence-corrected chi connectivity index (χ1v) is 10.4. The van der Waals surface area contributed by atoms with Gasteiger partial charge in [0.1, 0.15) is 23.5 Å². The number of aromatic nitrogens is 4. The van der Waals surface area contributed by atoms with Gasteiger partial charge in [-0.3, -0.25) is 9.39 Å². The average molecular weight is 444 g/mol. The van der Waals surface area contributed by atoms with E-state index in [0.29, 0.717) is 18.9 Å². The Labute approximate surface area is 191 Å². The smallest absolute Gasteiger partial charge is 0.140 e. The van der Waals surface area contributed by atoms with Crippen LogP contribution in [0.4, 0.5) is 5.82 Å². The Morgan fingerprint density at radius 1 is 1.18 bits per heavy atom. The molecule has 33 heavy (non-hydrogen) atoms. The van der Waals surface area contributed by atoms with E-state index < -0.39 is 0 Å². The number of anilines is 1. The Kier molecular flexibility index (Phi) is 6.91. The number of nitrogens with zero attached hydrogens (tertiary/aromatic N) is 5. The molecule has 0 atom stereocenters. The van der Waals surface area contributed by atoms with Crippen LogP contribution in [0.2, 0.25) is 0 Å². The maximum atomic E-state index is 8.86. The van der Waals surface area contributed by atoms with Crippen molar-refractivity contribution < 1.29 is 9.84 Å². The highest BCUT2D eigenvalue weighted by Gasteiger charge is 2.09. The van der Waals surface area contributed by atoms with Gasteiger partial charge in [-0.05, 0) is 17.2 Å². The number of hydrogen-bond acceptors (Lipinski definition) is 8. The van der Waals surface area contributed by atoms with E-state index in [1.165, 1.54) is 12.5 Å². The topological polar surface area (TPSA) is 123 Å². The van der Waals surface area contributed by atoms with Crippen molar-refractivity contribution in [2.24, 2.45) is 10.7 Å². The molecule has 9 heteroatoms. The van der Waals surface area contributed by atoms with Crippen molar-refractivity contribution in [3.63, 3.8) is 0 Å². The van der Waals surface area contributed by atoms with Gasteiger partial charge in [0.25, 0.3) is 0 Å². The number of nitrogens with one attached hydrogen (secondary N) is 1. The van der Waals surface area contributed by atoms with E-state index in [-0.39, 0.29) is 6.61 Å². The zero-order chi connectivity index (χ0) is 23.0. The molecule has 168 valence electrons. The lowest BCUT2D eigenvalue weighted by molar-refractivity contribution is 0.307. The van der Waals surface area contributed by atoms with Crippen LogP contribution in [0.25, 0.3) is 22.6 Å². The van der Waals surface area contributed by atoms with Crippen LogP contribution in [-0.4, -0.2) is 50.9 Å². The van der Waals surface area contributed by atoms with Gasteiger partial charge in [-0.1, -0.05) is 24.3 Å². The molecule has 0 aliphatic rings. The van der Waals surface area contributed by atoms with Gasteiger partial charge in [0, 0.05) is 42.9 Å². The fourth-order valence-corrected chi connectivity index (χ4v) is 3.31. The lowest BCUT2D eigenvalue weighted by Gasteiger charge is -2.09. The standard InChI is InChI=1S/C24H25N7O2/c1-33-20-6-8-31-22(15-28-24(31)10-20)21-11-23(30-16-29-21)27-13-17-2-4-18(5-3-17)19(12-25)14-26-7-9-32/h2-6,8,10-12,14-16,32H,7,9,13,25H2,1H3,(H,27,29,30)/b19-12+,26-14?. The Morgan fingerprint density at radius 3 is 2.79 bits per heavy atom. The number of rotatable bonds is 9.